The third kappa shape index (κ3) is 1.91. The van der Waals surface area contributed by atoms with Crippen molar-refractivity contribution in [1.29, 1.82) is 0 Å². The Morgan fingerprint density at radius 1 is 1.16 bits per heavy atom. The summed E-state index contributed by atoms with van der Waals surface area (Å²) in [5.74, 6) is 2.00. The molecule has 0 spiro atoms. The van der Waals surface area contributed by atoms with E-state index in [1.165, 1.54) is 18.4 Å². The molecule has 1 heterocycles. The molecule has 1 fully saturated rings. The van der Waals surface area contributed by atoms with Gasteiger partial charge in [-0.25, -0.2) is 0 Å². The summed E-state index contributed by atoms with van der Waals surface area (Å²) in [7, 11) is 0. The average molecular weight is 256 g/mol. The maximum atomic E-state index is 4.47. The van der Waals surface area contributed by atoms with Crippen LogP contribution >= 0.6 is 0 Å². The molecule has 1 aromatic carbocycles. The SMILES string of the molecule is CCNc1nnc(C2(c3ccccc3)CC2)n1CC. The van der Waals surface area contributed by atoms with Gasteiger partial charge in [-0.05, 0) is 32.3 Å². The van der Waals surface area contributed by atoms with Crippen LogP contribution in [0.25, 0.3) is 0 Å². The van der Waals surface area contributed by atoms with Crippen molar-refractivity contribution < 1.29 is 0 Å². The molecule has 2 aromatic rings. The van der Waals surface area contributed by atoms with Crippen LogP contribution in [0.4, 0.5) is 5.95 Å². The average Bonchev–Trinajstić information content (AvgIpc) is 3.16. The molecular weight excluding hydrogens is 236 g/mol. The van der Waals surface area contributed by atoms with Crippen molar-refractivity contribution in [3.8, 4) is 0 Å². The first-order valence-corrected chi connectivity index (χ1v) is 7.05. The first-order valence-electron chi connectivity index (χ1n) is 7.05. The third-order valence-corrected chi connectivity index (χ3v) is 3.91. The molecule has 0 unspecified atom stereocenters. The Bertz CT molecular complexity index is 555. The minimum atomic E-state index is 0.0952. The largest absolute Gasteiger partial charge is 0.355 e. The monoisotopic (exact) mass is 256 g/mol. The van der Waals surface area contributed by atoms with Crippen LogP contribution in [-0.2, 0) is 12.0 Å². The maximum absolute atomic E-state index is 4.47. The van der Waals surface area contributed by atoms with Gasteiger partial charge in [0.25, 0.3) is 0 Å². The number of anilines is 1. The zero-order valence-electron chi connectivity index (χ0n) is 11.6. The van der Waals surface area contributed by atoms with Gasteiger partial charge in [-0.15, -0.1) is 10.2 Å². The van der Waals surface area contributed by atoms with Gasteiger partial charge in [0.1, 0.15) is 5.82 Å². The standard InChI is InChI=1S/C15H20N4/c1-3-16-14-18-17-13(19(14)4-2)15(10-11-15)12-8-6-5-7-9-12/h5-9H,3-4,10-11H2,1-2H3,(H,16,18). The number of benzene rings is 1. The van der Waals surface area contributed by atoms with Gasteiger partial charge < -0.3 is 5.32 Å². The predicted octanol–water partition coefficient (Wildman–Crippen LogP) is 2.81. The van der Waals surface area contributed by atoms with Crippen LogP contribution in [-0.4, -0.2) is 21.3 Å². The van der Waals surface area contributed by atoms with Gasteiger partial charge in [-0.3, -0.25) is 4.57 Å². The van der Waals surface area contributed by atoms with Crippen LogP contribution in [0.1, 0.15) is 38.1 Å². The van der Waals surface area contributed by atoms with Crippen LogP contribution in [0.2, 0.25) is 0 Å². The molecule has 0 saturated heterocycles. The molecule has 0 aliphatic heterocycles. The molecule has 1 N–H and O–H groups in total. The quantitative estimate of drug-likeness (QED) is 0.894. The second kappa shape index (κ2) is 4.68. The van der Waals surface area contributed by atoms with E-state index in [1.807, 2.05) is 0 Å². The highest BCUT2D eigenvalue weighted by Gasteiger charge is 2.50. The molecule has 100 valence electrons. The second-order valence-corrected chi connectivity index (χ2v) is 5.07. The number of hydrogen-bond acceptors (Lipinski definition) is 3. The minimum absolute atomic E-state index is 0.0952. The number of aromatic nitrogens is 3. The highest BCUT2D eigenvalue weighted by atomic mass is 15.4. The predicted molar refractivity (Wildman–Crippen MR) is 76.3 cm³/mol. The van der Waals surface area contributed by atoms with E-state index in [9.17, 15) is 0 Å². The molecule has 0 radical (unpaired) electrons. The van der Waals surface area contributed by atoms with Crippen molar-refractivity contribution in [3.05, 3.63) is 41.7 Å². The van der Waals surface area contributed by atoms with E-state index < -0.39 is 0 Å². The van der Waals surface area contributed by atoms with Gasteiger partial charge in [0.2, 0.25) is 5.95 Å². The molecule has 1 aromatic heterocycles. The van der Waals surface area contributed by atoms with Crippen molar-refractivity contribution in [2.75, 3.05) is 11.9 Å². The molecular formula is C15H20N4. The zero-order chi connectivity index (χ0) is 13.3. The molecule has 3 rings (SSSR count). The molecule has 0 bridgehead atoms. The van der Waals surface area contributed by atoms with E-state index in [2.05, 4.69) is 64.3 Å². The maximum Gasteiger partial charge on any atom is 0.224 e. The summed E-state index contributed by atoms with van der Waals surface area (Å²) in [6.07, 6.45) is 2.34. The first kappa shape index (κ1) is 12.2. The lowest BCUT2D eigenvalue weighted by molar-refractivity contribution is 0.643. The topological polar surface area (TPSA) is 42.7 Å². The van der Waals surface area contributed by atoms with Crippen LogP contribution in [0, 0.1) is 0 Å². The third-order valence-electron chi connectivity index (χ3n) is 3.91. The molecule has 19 heavy (non-hydrogen) atoms. The Kier molecular flexibility index (Phi) is 3.01. The summed E-state index contributed by atoms with van der Waals surface area (Å²) in [5.41, 5.74) is 1.46. The van der Waals surface area contributed by atoms with Crippen LogP contribution < -0.4 is 5.32 Å². The summed E-state index contributed by atoms with van der Waals surface area (Å²) >= 11 is 0. The van der Waals surface area contributed by atoms with Gasteiger partial charge in [0.15, 0.2) is 0 Å². The van der Waals surface area contributed by atoms with Crippen molar-refractivity contribution >= 4 is 5.95 Å². The molecule has 0 amide bonds. The highest BCUT2D eigenvalue weighted by Crippen LogP contribution is 2.52. The summed E-state index contributed by atoms with van der Waals surface area (Å²) in [6, 6.07) is 10.7. The molecule has 4 heteroatoms. The normalized spacial score (nSPS) is 16.3. The fraction of sp³-hybridized carbons (Fsp3) is 0.467. The molecule has 0 atom stereocenters. The number of nitrogens with zero attached hydrogens (tertiary/aromatic N) is 3. The Hall–Kier alpha value is -1.84. The Morgan fingerprint density at radius 3 is 2.47 bits per heavy atom. The number of nitrogens with one attached hydrogen (secondary N) is 1. The van der Waals surface area contributed by atoms with Gasteiger partial charge in [0, 0.05) is 13.1 Å². The summed E-state index contributed by atoms with van der Waals surface area (Å²) in [4.78, 5) is 0. The van der Waals surface area contributed by atoms with Crippen LogP contribution in [0.3, 0.4) is 0 Å². The summed E-state index contributed by atoms with van der Waals surface area (Å²) in [5, 5.41) is 12.1. The first-order chi connectivity index (χ1) is 9.31. The van der Waals surface area contributed by atoms with E-state index in [4.69, 9.17) is 0 Å². The summed E-state index contributed by atoms with van der Waals surface area (Å²) < 4.78 is 2.21. The molecule has 1 aliphatic carbocycles. The van der Waals surface area contributed by atoms with E-state index >= 15 is 0 Å². The van der Waals surface area contributed by atoms with Gasteiger partial charge in [-0.1, -0.05) is 30.3 Å². The van der Waals surface area contributed by atoms with Crippen LogP contribution in [0.15, 0.2) is 30.3 Å². The van der Waals surface area contributed by atoms with Gasteiger partial charge >= 0.3 is 0 Å². The van der Waals surface area contributed by atoms with Crippen molar-refractivity contribution in [1.82, 2.24) is 14.8 Å². The fourth-order valence-electron chi connectivity index (χ4n) is 2.77. The molecule has 1 saturated carbocycles. The number of rotatable bonds is 5. The lowest BCUT2D eigenvalue weighted by Crippen LogP contribution is -2.17. The highest BCUT2D eigenvalue weighted by molar-refractivity contribution is 5.42. The Labute approximate surface area is 113 Å². The smallest absolute Gasteiger partial charge is 0.224 e. The van der Waals surface area contributed by atoms with Crippen LogP contribution in [0.5, 0.6) is 0 Å². The lowest BCUT2D eigenvalue weighted by atomic mass is 9.95. The van der Waals surface area contributed by atoms with Gasteiger partial charge in [0.05, 0.1) is 5.41 Å². The lowest BCUT2D eigenvalue weighted by Gasteiger charge is -2.16. The minimum Gasteiger partial charge on any atom is -0.355 e. The van der Waals surface area contributed by atoms with E-state index in [-0.39, 0.29) is 5.41 Å². The van der Waals surface area contributed by atoms with E-state index in [1.54, 1.807) is 0 Å². The zero-order valence-corrected chi connectivity index (χ0v) is 11.6. The molecule has 1 aliphatic rings. The van der Waals surface area contributed by atoms with Crippen molar-refractivity contribution in [2.24, 2.45) is 0 Å². The second-order valence-electron chi connectivity index (χ2n) is 5.07. The molecule has 4 nitrogen and oxygen atoms in total. The Morgan fingerprint density at radius 2 is 1.89 bits per heavy atom. The van der Waals surface area contributed by atoms with Crippen molar-refractivity contribution in [2.45, 2.75) is 38.6 Å². The number of hydrogen-bond donors (Lipinski definition) is 1. The van der Waals surface area contributed by atoms with E-state index in [0.29, 0.717) is 0 Å². The van der Waals surface area contributed by atoms with Crippen molar-refractivity contribution in [3.63, 3.8) is 0 Å². The van der Waals surface area contributed by atoms with E-state index in [0.717, 1.165) is 24.9 Å². The summed E-state index contributed by atoms with van der Waals surface area (Å²) in [6.45, 7) is 6.00. The Balaban J connectivity index is 2.03. The van der Waals surface area contributed by atoms with Gasteiger partial charge in [-0.2, -0.15) is 0 Å². The fourth-order valence-corrected chi connectivity index (χ4v) is 2.77.